The highest BCUT2D eigenvalue weighted by atomic mass is 32.2. The van der Waals surface area contributed by atoms with E-state index in [0.717, 1.165) is 6.34 Å². The molecule has 0 spiro atoms. The Labute approximate surface area is 65.2 Å². The highest BCUT2D eigenvalue weighted by Crippen LogP contribution is 2.15. The maximum absolute atomic E-state index is 11.1. The summed E-state index contributed by atoms with van der Waals surface area (Å²) in [5, 5.41) is 0.380. The number of aliphatic imine (C=N–C) groups is 2. The van der Waals surface area contributed by atoms with Gasteiger partial charge in [0.1, 0.15) is 11.4 Å². The molecule has 0 radical (unpaired) electrons. The zero-order chi connectivity index (χ0) is 7.84. The third-order valence-electron chi connectivity index (χ3n) is 1.47. The third-order valence-corrected chi connectivity index (χ3v) is 2.69. The van der Waals surface area contributed by atoms with E-state index in [1.54, 1.807) is 6.08 Å². The first-order chi connectivity index (χ1) is 5.29. The molecule has 0 aliphatic carbocycles. The van der Waals surface area contributed by atoms with Crippen molar-refractivity contribution < 1.29 is 9.00 Å². The van der Waals surface area contributed by atoms with E-state index in [4.69, 9.17) is 0 Å². The summed E-state index contributed by atoms with van der Waals surface area (Å²) in [5.74, 6) is 0.0596. The average molecular weight is 168 g/mol. The number of carbonyl (C=O) groups excluding carboxylic acids is 1. The van der Waals surface area contributed by atoms with Crippen LogP contribution in [0.5, 0.6) is 0 Å². The molecule has 0 fully saturated rings. The first-order valence-corrected chi connectivity index (χ1v) is 4.34. The van der Waals surface area contributed by atoms with Crippen LogP contribution < -0.4 is 0 Å². The van der Waals surface area contributed by atoms with Crippen LogP contribution in [0.2, 0.25) is 0 Å². The van der Waals surface area contributed by atoms with Gasteiger partial charge in [0.2, 0.25) is 0 Å². The van der Waals surface area contributed by atoms with Crippen LogP contribution in [0.4, 0.5) is 0 Å². The van der Waals surface area contributed by atoms with Crippen LogP contribution >= 0.6 is 0 Å². The van der Waals surface area contributed by atoms with Gasteiger partial charge in [-0.2, -0.15) is 4.99 Å². The average Bonchev–Trinajstić information content (AvgIpc) is 2.35. The van der Waals surface area contributed by atoms with Gasteiger partial charge in [-0.05, 0) is 0 Å². The number of nitrogens with zero attached hydrogens (tertiary/aromatic N) is 2. The fraction of sp³-hybridized carbons (Fsp3) is 0.167. The summed E-state index contributed by atoms with van der Waals surface area (Å²) in [7, 11) is -1.11. The molecule has 2 aliphatic rings. The van der Waals surface area contributed by atoms with Crippen LogP contribution in [0.15, 0.2) is 21.6 Å². The summed E-state index contributed by atoms with van der Waals surface area (Å²) in [6.45, 7) is 0. The molecule has 56 valence electrons. The van der Waals surface area contributed by atoms with Crippen molar-refractivity contribution in [3.8, 4) is 0 Å². The largest absolute Gasteiger partial charge is 0.280 e. The van der Waals surface area contributed by atoms with E-state index in [-0.39, 0.29) is 5.91 Å². The molecular formula is C6H4N2O2S. The number of carbonyl (C=O) groups is 1. The van der Waals surface area contributed by atoms with Crippen molar-refractivity contribution in [2.75, 3.05) is 5.75 Å². The van der Waals surface area contributed by atoms with Crippen LogP contribution in [-0.4, -0.2) is 27.3 Å². The van der Waals surface area contributed by atoms with Gasteiger partial charge in [-0.25, -0.2) is 4.99 Å². The van der Waals surface area contributed by atoms with Crippen molar-refractivity contribution >= 4 is 28.1 Å². The summed E-state index contributed by atoms with van der Waals surface area (Å²) < 4.78 is 11.1. The Morgan fingerprint density at radius 2 is 2.36 bits per heavy atom. The van der Waals surface area contributed by atoms with Gasteiger partial charge in [0.25, 0.3) is 5.91 Å². The van der Waals surface area contributed by atoms with Gasteiger partial charge < -0.3 is 0 Å². The first kappa shape index (κ1) is 6.60. The summed E-state index contributed by atoms with van der Waals surface area (Å²) in [5.41, 5.74) is 0.408. The van der Waals surface area contributed by atoms with E-state index in [0.29, 0.717) is 16.4 Å². The molecule has 2 rings (SSSR count). The van der Waals surface area contributed by atoms with Crippen molar-refractivity contribution in [2.24, 2.45) is 9.98 Å². The van der Waals surface area contributed by atoms with E-state index in [1.807, 2.05) is 0 Å². The fourth-order valence-corrected chi connectivity index (χ4v) is 2.01. The molecule has 0 saturated heterocycles. The molecule has 11 heavy (non-hydrogen) atoms. The maximum atomic E-state index is 11.1. The van der Waals surface area contributed by atoms with Crippen molar-refractivity contribution in [3.63, 3.8) is 0 Å². The SMILES string of the molecule is O=C1N=CN=C2C1=CCS2=O. The van der Waals surface area contributed by atoms with Crippen molar-refractivity contribution in [2.45, 2.75) is 0 Å². The summed E-state index contributed by atoms with van der Waals surface area (Å²) >= 11 is 0. The highest BCUT2D eigenvalue weighted by Gasteiger charge is 2.27. The molecule has 1 amide bonds. The fourth-order valence-electron chi connectivity index (χ4n) is 0.958. The maximum Gasteiger partial charge on any atom is 0.280 e. The molecule has 0 bridgehead atoms. The van der Waals surface area contributed by atoms with Gasteiger partial charge >= 0.3 is 0 Å². The van der Waals surface area contributed by atoms with E-state index in [1.165, 1.54) is 0 Å². The Balaban J connectivity index is 2.54. The van der Waals surface area contributed by atoms with Crippen LogP contribution in [0, 0.1) is 0 Å². The van der Waals surface area contributed by atoms with Crippen molar-refractivity contribution in [1.82, 2.24) is 0 Å². The van der Waals surface area contributed by atoms with Crippen LogP contribution in [0.3, 0.4) is 0 Å². The van der Waals surface area contributed by atoms with Crippen LogP contribution in [-0.2, 0) is 15.6 Å². The predicted molar refractivity (Wildman–Crippen MR) is 42.0 cm³/mol. The quantitative estimate of drug-likeness (QED) is 0.496. The number of rotatable bonds is 0. The lowest BCUT2D eigenvalue weighted by Gasteiger charge is -2.00. The predicted octanol–water partition coefficient (Wildman–Crippen LogP) is -0.358. The smallest absolute Gasteiger partial charge is 0.267 e. The van der Waals surface area contributed by atoms with Crippen LogP contribution in [0.25, 0.3) is 0 Å². The Morgan fingerprint density at radius 3 is 3.09 bits per heavy atom. The lowest BCUT2D eigenvalue weighted by Crippen LogP contribution is -2.14. The van der Waals surface area contributed by atoms with Gasteiger partial charge in [-0.1, -0.05) is 6.08 Å². The third kappa shape index (κ3) is 0.883. The number of hydrogen-bond donors (Lipinski definition) is 0. The zero-order valence-corrected chi connectivity index (χ0v) is 6.30. The minimum Gasteiger partial charge on any atom is -0.267 e. The second-order valence-corrected chi connectivity index (χ2v) is 3.53. The molecule has 1 unspecified atom stereocenters. The molecule has 0 saturated carbocycles. The number of fused-ring (bicyclic) bond motifs is 1. The van der Waals surface area contributed by atoms with E-state index in [9.17, 15) is 9.00 Å². The Kier molecular flexibility index (Phi) is 1.32. The molecular weight excluding hydrogens is 164 g/mol. The lowest BCUT2D eigenvalue weighted by molar-refractivity contribution is -0.113. The summed E-state index contributed by atoms with van der Waals surface area (Å²) in [6, 6.07) is 0. The molecule has 2 heterocycles. The van der Waals surface area contributed by atoms with Crippen molar-refractivity contribution in [1.29, 1.82) is 0 Å². The lowest BCUT2D eigenvalue weighted by atomic mass is 10.2. The van der Waals surface area contributed by atoms with Gasteiger partial charge in [-0.15, -0.1) is 0 Å². The zero-order valence-electron chi connectivity index (χ0n) is 5.48. The number of amides is 1. The Hall–Kier alpha value is -1.10. The summed E-state index contributed by atoms with van der Waals surface area (Å²) in [4.78, 5) is 18.2. The molecule has 5 heteroatoms. The minimum atomic E-state index is -1.11. The van der Waals surface area contributed by atoms with E-state index in [2.05, 4.69) is 9.98 Å². The monoisotopic (exact) mass is 168 g/mol. The number of hydrogen-bond acceptors (Lipinski definition) is 3. The van der Waals surface area contributed by atoms with Gasteiger partial charge in [0.15, 0.2) is 0 Å². The molecule has 0 aromatic carbocycles. The first-order valence-electron chi connectivity index (χ1n) is 3.02. The molecule has 0 N–H and O–H groups in total. The Morgan fingerprint density at radius 1 is 1.55 bits per heavy atom. The summed E-state index contributed by atoms with van der Waals surface area (Å²) in [6.07, 6.45) is 2.77. The van der Waals surface area contributed by atoms with Crippen LogP contribution in [0.1, 0.15) is 0 Å². The van der Waals surface area contributed by atoms with Crippen molar-refractivity contribution in [3.05, 3.63) is 11.6 Å². The van der Waals surface area contributed by atoms with Gasteiger partial charge in [0, 0.05) is 5.75 Å². The second-order valence-electron chi connectivity index (χ2n) is 2.11. The second kappa shape index (κ2) is 2.20. The Bertz CT molecular complexity index is 340. The van der Waals surface area contributed by atoms with E-state index < -0.39 is 10.8 Å². The molecule has 0 aromatic heterocycles. The molecule has 1 atom stereocenters. The topological polar surface area (TPSA) is 58.9 Å². The standard InChI is InChI=1S/C6H4N2O2S/c9-5-4-1-2-11(10)6(4)8-3-7-5/h1,3H,2H2. The van der Waals surface area contributed by atoms with E-state index >= 15 is 0 Å². The highest BCUT2D eigenvalue weighted by molar-refractivity contribution is 8.02. The molecule has 2 aliphatic heterocycles. The van der Waals surface area contributed by atoms with Gasteiger partial charge in [-0.3, -0.25) is 9.00 Å². The molecule has 0 aromatic rings. The normalized spacial score (nSPS) is 28.0. The van der Waals surface area contributed by atoms with Gasteiger partial charge in [0.05, 0.1) is 16.4 Å². The molecule has 4 nitrogen and oxygen atoms in total. The minimum absolute atomic E-state index is 0.333.